The first kappa shape index (κ1) is 15.9. The highest BCUT2D eigenvalue weighted by molar-refractivity contribution is 7.98. The number of sulfonamides is 1. The number of hydrogen-bond donors (Lipinski definition) is 2. The Morgan fingerprint density at radius 2 is 2.10 bits per heavy atom. The fourth-order valence-electron chi connectivity index (χ4n) is 2.04. The van der Waals surface area contributed by atoms with Gasteiger partial charge >= 0.3 is 0 Å². The third kappa shape index (κ3) is 3.61. The van der Waals surface area contributed by atoms with Crippen molar-refractivity contribution in [3.63, 3.8) is 0 Å². The van der Waals surface area contributed by atoms with Crippen LogP contribution in [0.2, 0.25) is 0 Å². The maximum atomic E-state index is 12.4. The summed E-state index contributed by atoms with van der Waals surface area (Å²) in [6.45, 7) is 2.94. The summed E-state index contributed by atoms with van der Waals surface area (Å²) >= 11 is 1.56. The molecule has 0 bridgehead atoms. The van der Waals surface area contributed by atoms with Crippen molar-refractivity contribution in [3.8, 4) is 0 Å². The Balaban J connectivity index is 2.31. The molecule has 3 N–H and O–H groups in total. The number of aromatic nitrogens is 1. The quantitative estimate of drug-likeness (QED) is 0.800. The van der Waals surface area contributed by atoms with E-state index in [9.17, 15) is 8.42 Å². The van der Waals surface area contributed by atoms with E-state index in [1.54, 1.807) is 30.1 Å². The highest BCUT2D eigenvalue weighted by Gasteiger charge is 2.18. The molecule has 0 saturated carbocycles. The summed E-state index contributed by atoms with van der Waals surface area (Å²) in [5, 5.41) is 0. The first-order chi connectivity index (χ1) is 10.00. The lowest BCUT2D eigenvalue weighted by Gasteiger charge is -2.07. The van der Waals surface area contributed by atoms with Crippen LogP contribution in [0.15, 0.2) is 46.3 Å². The van der Waals surface area contributed by atoms with Gasteiger partial charge < -0.3 is 10.3 Å². The van der Waals surface area contributed by atoms with Gasteiger partial charge in [-0.15, -0.1) is 11.8 Å². The molecule has 1 aromatic heterocycles. The van der Waals surface area contributed by atoms with E-state index in [4.69, 9.17) is 5.73 Å². The van der Waals surface area contributed by atoms with Crippen LogP contribution in [0.5, 0.6) is 0 Å². The van der Waals surface area contributed by atoms with Crippen molar-refractivity contribution in [2.24, 2.45) is 5.73 Å². The zero-order valence-electron chi connectivity index (χ0n) is 12.0. The highest BCUT2D eigenvalue weighted by Crippen LogP contribution is 2.22. The largest absolute Gasteiger partial charge is 0.349 e. The number of nitrogens with two attached hydrogens (primary N) is 1. The molecule has 0 aliphatic heterocycles. The number of rotatable bonds is 6. The summed E-state index contributed by atoms with van der Waals surface area (Å²) in [7, 11) is -3.60. The topological polar surface area (TPSA) is 77.1 Å². The lowest BCUT2D eigenvalue weighted by molar-refractivity contribution is 0.600. The highest BCUT2D eigenvalue weighted by atomic mass is 32.2. The molecule has 2 rings (SSSR count). The van der Waals surface area contributed by atoms with Crippen LogP contribution in [0.4, 0.5) is 5.69 Å². The molecule has 0 radical (unpaired) electrons. The molecule has 21 heavy (non-hydrogen) atoms. The Morgan fingerprint density at radius 1 is 1.33 bits per heavy atom. The average Bonchev–Trinajstić information content (AvgIpc) is 2.91. The monoisotopic (exact) mass is 325 g/mol. The molecule has 1 heterocycles. The van der Waals surface area contributed by atoms with Crippen molar-refractivity contribution in [1.82, 2.24) is 4.57 Å². The standard InChI is InChI=1S/C14H19N3O2S2/c1-3-17-10-14(8-12(17)9-15)21(18,19)16-11-5-4-6-13(7-11)20-2/h4-8,10,16H,3,9,15H2,1-2H3. The van der Waals surface area contributed by atoms with Gasteiger partial charge in [-0.25, -0.2) is 8.42 Å². The van der Waals surface area contributed by atoms with Crippen LogP contribution in [-0.4, -0.2) is 19.2 Å². The molecular weight excluding hydrogens is 306 g/mol. The molecule has 0 atom stereocenters. The van der Waals surface area contributed by atoms with E-state index in [2.05, 4.69) is 4.72 Å². The maximum absolute atomic E-state index is 12.4. The predicted octanol–water partition coefficient (Wildman–Crippen LogP) is 2.49. The van der Waals surface area contributed by atoms with Crippen molar-refractivity contribution < 1.29 is 8.42 Å². The fraction of sp³-hybridized carbons (Fsp3) is 0.286. The minimum absolute atomic E-state index is 0.236. The smallest absolute Gasteiger partial charge is 0.263 e. The second-order valence-electron chi connectivity index (χ2n) is 4.49. The molecule has 2 aromatic rings. The Kier molecular flexibility index (Phi) is 4.97. The molecule has 0 aliphatic carbocycles. The molecule has 114 valence electrons. The van der Waals surface area contributed by atoms with Crippen molar-refractivity contribution in [1.29, 1.82) is 0 Å². The Hall–Kier alpha value is -1.44. The lowest BCUT2D eigenvalue weighted by Crippen LogP contribution is -2.12. The lowest BCUT2D eigenvalue weighted by atomic mass is 10.3. The van der Waals surface area contributed by atoms with Crippen LogP contribution < -0.4 is 10.5 Å². The number of nitrogens with one attached hydrogen (secondary N) is 1. The summed E-state index contributed by atoms with van der Waals surface area (Å²) in [6, 6.07) is 8.92. The van der Waals surface area contributed by atoms with E-state index >= 15 is 0 Å². The molecule has 0 fully saturated rings. The third-order valence-electron chi connectivity index (χ3n) is 3.14. The number of hydrogen-bond acceptors (Lipinski definition) is 4. The third-order valence-corrected chi connectivity index (χ3v) is 5.22. The zero-order valence-corrected chi connectivity index (χ0v) is 13.7. The first-order valence-electron chi connectivity index (χ1n) is 6.56. The molecule has 0 unspecified atom stereocenters. The molecule has 0 saturated heterocycles. The SMILES string of the molecule is CCn1cc(S(=O)(=O)Nc2cccc(SC)c2)cc1CN. The maximum Gasteiger partial charge on any atom is 0.263 e. The van der Waals surface area contributed by atoms with Crippen LogP contribution >= 0.6 is 11.8 Å². The van der Waals surface area contributed by atoms with Crippen LogP contribution in [0, 0.1) is 0 Å². The number of anilines is 1. The first-order valence-corrected chi connectivity index (χ1v) is 9.27. The average molecular weight is 325 g/mol. The van der Waals surface area contributed by atoms with Gasteiger partial charge in [-0.3, -0.25) is 4.72 Å². The molecule has 0 amide bonds. The Bertz CT molecular complexity index is 702. The molecular formula is C14H19N3O2S2. The van der Waals surface area contributed by atoms with E-state index in [0.717, 1.165) is 10.6 Å². The normalized spacial score (nSPS) is 11.6. The second-order valence-corrected chi connectivity index (χ2v) is 7.06. The van der Waals surface area contributed by atoms with E-state index in [1.165, 1.54) is 0 Å². The van der Waals surface area contributed by atoms with Gasteiger partial charge in [-0.2, -0.15) is 0 Å². The van der Waals surface area contributed by atoms with Crippen LogP contribution in [0.1, 0.15) is 12.6 Å². The van der Waals surface area contributed by atoms with Crippen molar-refractivity contribution in [2.75, 3.05) is 11.0 Å². The van der Waals surface area contributed by atoms with E-state index < -0.39 is 10.0 Å². The van der Waals surface area contributed by atoms with Gasteiger partial charge in [0.1, 0.15) is 4.90 Å². The fourth-order valence-corrected chi connectivity index (χ4v) is 3.61. The van der Waals surface area contributed by atoms with Gasteiger partial charge in [0.25, 0.3) is 10.0 Å². The van der Waals surface area contributed by atoms with E-state index in [0.29, 0.717) is 18.8 Å². The van der Waals surface area contributed by atoms with Crippen LogP contribution in [-0.2, 0) is 23.1 Å². The van der Waals surface area contributed by atoms with Crippen molar-refractivity contribution in [2.45, 2.75) is 29.8 Å². The minimum atomic E-state index is -3.60. The Morgan fingerprint density at radius 3 is 2.67 bits per heavy atom. The van der Waals surface area contributed by atoms with Gasteiger partial charge in [0.05, 0.1) is 0 Å². The predicted molar refractivity (Wildman–Crippen MR) is 87.0 cm³/mol. The molecule has 1 aromatic carbocycles. The van der Waals surface area contributed by atoms with Gasteiger partial charge in [-0.1, -0.05) is 6.07 Å². The Labute approximate surface area is 129 Å². The number of nitrogens with zero attached hydrogens (tertiary/aromatic N) is 1. The molecule has 7 heteroatoms. The van der Waals surface area contributed by atoms with Crippen molar-refractivity contribution >= 4 is 27.5 Å². The number of aryl methyl sites for hydroxylation is 1. The van der Waals surface area contributed by atoms with E-state index in [-0.39, 0.29) is 4.90 Å². The van der Waals surface area contributed by atoms with Crippen LogP contribution in [0.3, 0.4) is 0 Å². The van der Waals surface area contributed by atoms with E-state index in [1.807, 2.05) is 35.9 Å². The number of benzene rings is 1. The molecule has 0 spiro atoms. The summed E-state index contributed by atoms with van der Waals surface area (Å²) in [5.74, 6) is 0. The van der Waals surface area contributed by atoms with Crippen molar-refractivity contribution in [3.05, 3.63) is 42.2 Å². The van der Waals surface area contributed by atoms with Gasteiger partial charge in [0.15, 0.2) is 0 Å². The van der Waals surface area contributed by atoms with Gasteiger partial charge in [0, 0.05) is 35.6 Å². The summed E-state index contributed by atoms with van der Waals surface area (Å²) in [4.78, 5) is 1.24. The molecule has 0 aliphatic rings. The van der Waals surface area contributed by atoms with Gasteiger partial charge in [0.2, 0.25) is 0 Å². The molecule has 5 nitrogen and oxygen atoms in total. The summed E-state index contributed by atoms with van der Waals surface area (Å²) < 4.78 is 29.3. The van der Waals surface area contributed by atoms with Crippen LogP contribution in [0.25, 0.3) is 0 Å². The van der Waals surface area contributed by atoms with Gasteiger partial charge in [-0.05, 0) is 37.4 Å². The number of thioether (sulfide) groups is 1. The minimum Gasteiger partial charge on any atom is -0.349 e. The second kappa shape index (κ2) is 6.55. The summed E-state index contributed by atoms with van der Waals surface area (Å²) in [6.07, 6.45) is 3.56. The zero-order chi connectivity index (χ0) is 15.5. The summed E-state index contributed by atoms with van der Waals surface area (Å²) in [5.41, 5.74) is 6.99.